The maximum Gasteiger partial charge on any atom is 0.137 e. The molecule has 17 heavy (non-hydrogen) atoms. The molecular weight excluding hydrogens is 234 g/mol. The lowest BCUT2D eigenvalue weighted by molar-refractivity contribution is 0.415. The highest BCUT2D eigenvalue weighted by atomic mass is 35.5. The molecule has 94 valence electrons. The lowest BCUT2D eigenvalue weighted by Gasteiger charge is -2.15. The summed E-state index contributed by atoms with van der Waals surface area (Å²) in [5.74, 6) is 1.62. The van der Waals surface area contributed by atoms with Crippen molar-refractivity contribution in [1.82, 2.24) is 0 Å². The van der Waals surface area contributed by atoms with Crippen molar-refractivity contribution in [3.8, 4) is 5.75 Å². The molecule has 0 heterocycles. The molecule has 0 bridgehead atoms. The Morgan fingerprint density at radius 3 is 2.82 bits per heavy atom. The zero-order valence-corrected chi connectivity index (χ0v) is 11.3. The Morgan fingerprint density at radius 1 is 1.41 bits per heavy atom. The van der Waals surface area contributed by atoms with Gasteiger partial charge in [0.05, 0.1) is 12.1 Å². The zero-order chi connectivity index (χ0) is 12.3. The molecule has 2 atom stereocenters. The van der Waals surface area contributed by atoms with Crippen LogP contribution in [0.1, 0.15) is 32.6 Å². The second kappa shape index (κ2) is 5.63. The normalized spacial score (nSPS) is 23.7. The smallest absolute Gasteiger partial charge is 0.137 e. The molecule has 0 aliphatic heterocycles. The Morgan fingerprint density at radius 2 is 2.24 bits per heavy atom. The van der Waals surface area contributed by atoms with E-state index in [2.05, 4.69) is 12.2 Å². The minimum absolute atomic E-state index is 0.601. The van der Waals surface area contributed by atoms with Crippen LogP contribution < -0.4 is 10.1 Å². The van der Waals surface area contributed by atoms with Crippen LogP contribution in [0.4, 0.5) is 5.69 Å². The third-order valence-corrected chi connectivity index (χ3v) is 3.94. The summed E-state index contributed by atoms with van der Waals surface area (Å²) in [5.41, 5.74) is 1.09. The van der Waals surface area contributed by atoms with E-state index in [-0.39, 0.29) is 0 Å². The summed E-state index contributed by atoms with van der Waals surface area (Å²) >= 11 is 6.11. The summed E-state index contributed by atoms with van der Waals surface area (Å²) in [6.45, 7) is 2.28. The predicted molar refractivity (Wildman–Crippen MR) is 73.0 cm³/mol. The van der Waals surface area contributed by atoms with Crippen molar-refractivity contribution in [1.29, 1.82) is 0 Å². The van der Waals surface area contributed by atoms with Crippen molar-refractivity contribution in [2.45, 2.75) is 38.6 Å². The summed E-state index contributed by atoms with van der Waals surface area (Å²) < 4.78 is 5.14. The Labute approximate surface area is 108 Å². The third-order valence-electron chi connectivity index (χ3n) is 3.64. The standard InChI is InChI=1S/C14H20ClNO/c1-3-10-4-5-11(8-10)16-12-6-7-14(17-2)13(15)9-12/h6-7,9-11,16H,3-5,8H2,1-2H3. The Bertz CT molecular complexity index is 380. The van der Waals surface area contributed by atoms with E-state index in [0.717, 1.165) is 17.4 Å². The van der Waals surface area contributed by atoms with Crippen LogP contribution in [0.15, 0.2) is 18.2 Å². The number of benzene rings is 1. The molecule has 2 unspecified atom stereocenters. The molecule has 1 aliphatic rings. The van der Waals surface area contributed by atoms with Gasteiger partial charge in [0, 0.05) is 11.7 Å². The van der Waals surface area contributed by atoms with Gasteiger partial charge in [0.2, 0.25) is 0 Å². The lowest BCUT2D eigenvalue weighted by atomic mass is 10.1. The first-order valence-electron chi connectivity index (χ1n) is 6.33. The second-order valence-electron chi connectivity index (χ2n) is 4.78. The number of hydrogen-bond acceptors (Lipinski definition) is 2. The van der Waals surface area contributed by atoms with Crippen LogP contribution in [0, 0.1) is 5.92 Å². The SMILES string of the molecule is CCC1CCC(Nc2ccc(OC)c(Cl)c2)C1. The number of rotatable bonds is 4. The first-order chi connectivity index (χ1) is 8.22. The van der Waals surface area contributed by atoms with Crippen molar-refractivity contribution in [3.63, 3.8) is 0 Å². The molecule has 1 saturated carbocycles. The molecule has 2 nitrogen and oxygen atoms in total. The van der Waals surface area contributed by atoms with Gasteiger partial charge in [0.25, 0.3) is 0 Å². The molecule has 1 N–H and O–H groups in total. The number of methoxy groups -OCH3 is 1. The molecular formula is C14H20ClNO. The maximum atomic E-state index is 6.11. The molecule has 0 spiro atoms. The third kappa shape index (κ3) is 3.06. The zero-order valence-electron chi connectivity index (χ0n) is 10.5. The fourth-order valence-electron chi connectivity index (χ4n) is 2.57. The van der Waals surface area contributed by atoms with E-state index in [1.807, 2.05) is 18.2 Å². The van der Waals surface area contributed by atoms with Crippen molar-refractivity contribution in [2.75, 3.05) is 12.4 Å². The van der Waals surface area contributed by atoms with Crippen molar-refractivity contribution in [3.05, 3.63) is 23.2 Å². The van der Waals surface area contributed by atoms with Gasteiger partial charge in [-0.2, -0.15) is 0 Å². The first kappa shape index (κ1) is 12.6. The Balaban J connectivity index is 1.97. The van der Waals surface area contributed by atoms with E-state index >= 15 is 0 Å². The predicted octanol–water partition coefficient (Wildman–Crippen LogP) is 4.34. The van der Waals surface area contributed by atoms with E-state index in [4.69, 9.17) is 16.3 Å². The average Bonchev–Trinajstić information content (AvgIpc) is 2.77. The monoisotopic (exact) mass is 253 g/mol. The summed E-state index contributed by atoms with van der Waals surface area (Å²) in [6.07, 6.45) is 5.18. The Hall–Kier alpha value is -0.890. The molecule has 2 rings (SSSR count). The molecule has 1 aromatic carbocycles. The molecule has 1 fully saturated rings. The van der Waals surface area contributed by atoms with Crippen LogP contribution in [-0.2, 0) is 0 Å². The molecule has 1 aromatic rings. The fraction of sp³-hybridized carbons (Fsp3) is 0.571. The number of nitrogens with one attached hydrogen (secondary N) is 1. The summed E-state index contributed by atoms with van der Waals surface area (Å²) in [5, 5.41) is 4.23. The first-order valence-corrected chi connectivity index (χ1v) is 6.70. The Kier molecular flexibility index (Phi) is 4.16. The number of hydrogen-bond donors (Lipinski definition) is 1. The average molecular weight is 254 g/mol. The van der Waals surface area contributed by atoms with Crippen LogP contribution in [0.2, 0.25) is 5.02 Å². The van der Waals surface area contributed by atoms with E-state index in [0.29, 0.717) is 11.1 Å². The molecule has 0 amide bonds. The number of halogens is 1. The van der Waals surface area contributed by atoms with Gasteiger partial charge in [0.15, 0.2) is 0 Å². The highest BCUT2D eigenvalue weighted by Gasteiger charge is 2.23. The van der Waals surface area contributed by atoms with E-state index in [1.54, 1.807) is 7.11 Å². The summed E-state index contributed by atoms with van der Waals surface area (Å²) in [6, 6.07) is 6.49. The van der Waals surface area contributed by atoms with Crippen LogP contribution in [0.5, 0.6) is 5.75 Å². The van der Waals surface area contributed by atoms with Crippen molar-refractivity contribution < 1.29 is 4.74 Å². The van der Waals surface area contributed by atoms with E-state index in [1.165, 1.54) is 25.7 Å². The highest BCUT2D eigenvalue weighted by Crippen LogP contribution is 2.32. The van der Waals surface area contributed by atoms with E-state index < -0.39 is 0 Å². The van der Waals surface area contributed by atoms with Gasteiger partial charge in [-0.1, -0.05) is 24.9 Å². The maximum absolute atomic E-state index is 6.11. The van der Waals surface area contributed by atoms with Crippen LogP contribution in [0.25, 0.3) is 0 Å². The molecule has 3 heteroatoms. The highest BCUT2D eigenvalue weighted by molar-refractivity contribution is 6.32. The van der Waals surface area contributed by atoms with Gasteiger partial charge >= 0.3 is 0 Å². The number of anilines is 1. The lowest BCUT2D eigenvalue weighted by Crippen LogP contribution is -2.15. The molecule has 1 aliphatic carbocycles. The quantitative estimate of drug-likeness (QED) is 0.862. The van der Waals surface area contributed by atoms with Crippen molar-refractivity contribution in [2.24, 2.45) is 5.92 Å². The largest absolute Gasteiger partial charge is 0.495 e. The summed E-state index contributed by atoms with van der Waals surface area (Å²) in [7, 11) is 1.64. The summed E-state index contributed by atoms with van der Waals surface area (Å²) in [4.78, 5) is 0. The van der Waals surface area contributed by atoms with Gasteiger partial charge in [0.1, 0.15) is 5.75 Å². The fourth-order valence-corrected chi connectivity index (χ4v) is 2.83. The van der Waals surface area contributed by atoms with Gasteiger partial charge in [-0.25, -0.2) is 0 Å². The molecule has 0 aromatic heterocycles. The van der Waals surface area contributed by atoms with Gasteiger partial charge in [-0.15, -0.1) is 0 Å². The molecule has 0 radical (unpaired) electrons. The molecule has 0 saturated heterocycles. The number of ether oxygens (including phenoxy) is 1. The second-order valence-corrected chi connectivity index (χ2v) is 5.19. The van der Waals surface area contributed by atoms with Crippen LogP contribution in [-0.4, -0.2) is 13.2 Å². The minimum Gasteiger partial charge on any atom is -0.495 e. The van der Waals surface area contributed by atoms with E-state index in [9.17, 15) is 0 Å². The van der Waals surface area contributed by atoms with Gasteiger partial charge in [-0.05, 0) is 43.4 Å². The van der Waals surface area contributed by atoms with Crippen molar-refractivity contribution >= 4 is 17.3 Å². The minimum atomic E-state index is 0.601. The van der Waals surface area contributed by atoms with Crippen LogP contribution in [0.3, 0.4) is 0 Å². The van der Waals surface area contributed by atoms with Gasteiger partial charge in [-0.3, -0.25) is 0 Å². The van der Waals surface area contributed by atoms with Gasteiger partial charge < -0.3 is 10.1 Å². The topological polar surface area (TPSA) is 21.3 Å². The van der Waals surface area contributed by atoms with Crippen LogP contribution >= 0.6 is 11.6 Å².